The molecule has 0 radical (unpaired) electrons. The molecule has 3 aromatic rings. The number of carbonyl (C=O) groups excluding carboxylic acids is 1. The molecular weight excluding hydrogens is 410 g/mol. The fourth-order valence-corrected chi connectivity index (χ4v) is 4.31. The number of nitrogens with two attached hydrogens (primary N) is 2. The summed E-state index contributed by atoms with van der Waals surface area (Å²) in [5, 5.41) is 3.21. The van der Waals surface area contributed by atoms with Crippen molar-refractivity contribution in [1.82, 2.24) is 9.97 Å². The standard InChI is InChI=1S/C20H20F2N6OS/c21-11-7-12(23)10-28(9-11)16-5-6-25-8-15(16)26-19(29)17-18(24)30-20(27-17)13-3-1-2-4-14(13)22/h1-6,8,11-12H,7,9-10,23-24H2,(H,26,29)/t11?,12-/m0/s1. The molecule has 156 valence electrons. The van der Waals surface area contributed by atoms with Gasteiger partial charge in [0, 0.05) is 30.9 Å². The highest BCUT2D eigenvalue weighted by Crippen LogP contribution is 2.33. The first-order valence-electron chi connectivity index (χ1n) is 9.33. The Morgan fingerprint density at radius 2 is 2.07 bits per heavy atom. The number of piperidine rings is 1. The van der Waals surface area contributed by atoms with Gasteiger partial charge < -0.3 is 21.7 Å². The number of hydrogen-bond acceptors (Lipinski definition) is 7. The number of rotatable bonds is 4. The van der Waals surface area contributed by atoms with Crippen molar-refractivity contribution in [2.75, 3.05) is 29.0 Å². The van der Waals surface area contributed by atoms with Crippen LogP contribution >= 0.6 is 11.3 Å². The van der Waals surface area contributed by atoms with Gasteiger partial charge in [-0.3, -0.25) is 9.78 Å². The number of carbonyl (C=O) groups is 1. The van der Waals surface area contributed by atoms with Gasteiger partial charge in [0.25, 0.3) is 5.91 Å². The van der Waals surface area contributed by atoms with E-state index in [-0.39, 0.29) is 28.8 Å². The highest BCUT2D eigenvalue weighted by atomic mass is 32.1. The van der Waals surface area contributed by atoms with Crippen LogP contribution in [0, 0.1) is 5.82 Å². The molecule has 0 aliphatic carbocycles. The maximum absolute atomic E-state index is 14.1. The number of hydrogen-bond donors (Lipinski definition) is 3. The van der Waals surface area contributed by atoms with Crippen molar-refractivity contribution < 1.29 is 13.6 Å². The topological polar surface area (TPSA) is 110 Å². The fraction of sp³-hybridized carbons (Fsp3) is 0.250. The molecule has 0 saturated carbocycles. The van der Waals surface area contributed by atoms with E-state index in [0.29, 0.717) is 29.3 Å². The Bertz CT molecular complexity index is 1060. The van der Waals surface area contributed by atoms with Crippen LogP contribution in [0.5, 0.6) is 0 Å². The summed E-state index contributed by atoms with van der Waals surface area (Å²) in [6.07, 6.45) is 2.28. The van der Waals surface area contributed by atoms with E-state index < -0.39 is 17.9 Å². The Hall–Kier alpha value is -3.11. The maximum Gasteiger partial charge on any atom is 0.277 e. The highest BCUT2D eigenvalue weighted by Gasteiger charge is 2.27. The summed E-state index contributed by atoms with van der Waals surface area (Å²) in [7, 11) is 0. The van der Waals surface area contributed by atoms with Crippen molar-refractivity contribution >= 4 is 33.6 Å². The van der Waals surface area contributed by atoms with E-state index in [9.17, 15) is 13.6 Å². The Labute approximate surface area is 175 Å². The number of pyridine rings is 1. The Morgan fingerprint density at radius 3 is 2.83 bits per heavy atom. The van der Waals surface area contributed by atoms with Gasteiger partial charge in [0.05, 0.1) is 17.6 Å². The first-order valence-corrected chi connectivity index (χ1v) is 10.1. The lowest BCUT2D eigenvalue weighted by Crippen LogP contribution is -2.48. The van der Waals surface area contributed by atoms with E-state index in [1.54, 1.807) is 35.4 Å². The number of nitrogens with one attached hydrogen (secondary N) is 1. The van der Waals surface area contributed by atoms with Crippen LogP contribution in [0.15, 0.2) is 42.7 Å². The molecule has 3 heterocycles. The summed E-state index contributed by atoms with van der Waals surface area (Å²) >= 11 is 1.03. The van der Waals surface area contributed by atoms with E-state index in [0.717, 1.165) is 11.3 Å². The van der Waals surface area contributed by atoms with Gasteiger partial charge in [0.1, 0.15) is 22.0 Å². The molecule has 0 bridgehead atoms. The predicted molar refractivity (Wildman–Crippen MR) is 114 cm³/mol. The van der Waals surface area contributed by atoms with E-state index in [1.807, 2.05) is 0 Å². The van der Waals surface area contributed by atoms with Crippen molar-refractivity contribution in [1.29, 1.82) is 0 Å². The van der Waals surface area contributed by atoms with E-state index in [4.69, 9.17) is 11.5 Å². The summed E-state index contributed by atoms with van der Waals surface area (Å²) in [5.41, 5.74) is 13.2. The van der Waals surface area contributed by atoms with Crippen molar-refractivity contribution in [3.05, 3.63) is 54.2 Å². The summed E-state index contributed by atoms with van der Waals surface area (Å²) in [6, 6.07) is 7.52. The van der Waals surface area contributed by atoms with Crippen molar-refractivity contribution in [2.24, 2.45) is 5.73 Å². The fourth-order valence-electron chi connectivity index (χ4n) is 3.46. The number of alkyl halides is 1. The van der Waals surface area contributed by atoms with E-state index >= 15 is 0 Å². The summed E-state index contributed by atoms with van der Waals surface area (Å²) in [4.78, 5) is 22.9. The van der Waals surface area contributed by atoms with Crippen molar-refractivity contribution in [3.8, 4) is 10.6 Å². The second-order valence-corrected chi connectivity index (χ2v) is 8.09. The number of anilines is 3. The molecule has 1 amide bonds. The molecule has 5 N–H and O–H groups in total. The largest absolute Gasteiger partial charge is 0.389 e. The van der Waals surface area contributed by atoms with Gasteiger partial charge in [-0.2, -0.15) is 0 Å². The first-order chi connectivity index (χ1) is 14.4. The van der Waals surface area contributed by atoms with Crippen molar-refractivity contribution in [3.63, 3.8) is 0 Å². The average molecular weight is 430 g/mol. The van der Waals surface area contributed by atoms with Gasteiger partial charge in [-0.25, -0.2) is 13.8 Å². The Balaban J connectivity index is 1.59. The number of nitrogen functional groups attached to an aromatic ring is 1. The number of aromatic nitrogens is 2. The number of thiazole rings is 1. The van der Waals surface area contributed by atoms with Crippen LogP contribution in [-0.4, -0.2) is 41.2 Å². The molecule has 0 spiro atoms. The van der Waals surface area contributed by atoms with Crippen LogP contribution in [0.3, 0.4) is 0 Å². The minimum atomic E-state index is -1.05. The van der Waals surface area contributed by atoms with Crippen LogP contribution < -0.4 is 21.7 Å². The molecule has 2 aromatic heterocycles. The molecule has 1 saturated heterocycles. The average Bonchev–Trinajstić information content (AvgIpc) is 3.09. The molecule has 30 heavy (non-hydrogen) atoms. The van der Waals surface area contributed by atoms with Crippen LogP contribution in [0.2, 0.25) is 0 Å². The number of nitrogens with zero attached hydrogens (tertiary/aromatic N) is 3. The molecule has 10 heteroatoms. The zero-order chi connectivity index (χ0) is 21.3. The van der Waals surface area contributed by atoms with E-state index in [1.165, 1.54) is 12.3 Å². The van der Waals surface area contributed by atoms with Crippen LogP contribution in [0.1, 0.15) is 16.9 Å². The summed E-state index contributed by atoms with van der Waals surface area (Å²) in [5.74, 6) is -1.01. The molecule has 1 fully saturated rings. The molecule has 1 unspecified atom stereocenters. The first kappa shape index (κ1) is 20.2. The molecule has 4 rings (SSSR count). The molecular formula is C20H20F2N6OS. The molecule has 1 aliphatic heterocycles. The number of benzene rings is 1. The van der Waals surface area contributed by atoms with Gasteiger partial charge in [0.15, 0.2) is 5.69 Å². The zero-order valence-electron chi connectivity index (χ0n) is 15.9. The second kappa shape index (κ2) is 8.33. The predicted octanol–water partition coefficient (Wildman–Crippen LogP) is 3.05. The zero-order valence-corrected chi connectivity index (χ0v) is 16.7. The lowest BCUT2D eigenvalue weighted by molar-refractivity contribution is 0.102. The summed E-state index contributed by atoms with van der Waals surface area (Å²) < 4.78 is 28.1. The minimum absolute atomic E-state index is 0.00762. The second-order valence-electron chi connectivity index (χ2n) is 7.06. The van der Waals surface area contributed by atoms with Crippen LogP contribution in [0.25, 0.3) is 10.6 Å². The third kappa shape index (κ3) is 4.10. The Morgan fingerprint density at radius 1 is 1.27 bits per heavy atom. The van der Waals surface area contributed by atoms with Gasteiger partial charge in [-0.05, 0) is 24.6 Å². The third-order valence-electron chi connectivity index (χ3n) is 4.79. The van der Waals surface area contributed by atoms with Gasteiger partial charge >= 0.3 is 0 Å². The summed E-state index contributed by atoms with van der Waals surface area (Å²) in [6.45, 7) is 0.639. The smallest absolute Gasteiger partial charge is 0.277 e. The van der Waals surface area contributed by atoms with Crippen molar-refractivity contribution in [2.45, 2.75) is 18.6 Å². The third-order valence-corrected chi connectivity index (χ3v) is 5.71. The monoisotopic (exact) mass is 430 g/mol. The number of halogens is 2. The molecule has 7 nitrogen and oxygen atoms in total. The molecule has 1 aliphatic rings. The quantitative estimate of drug-likeness (QED) is 0.587. The lowest BCUT2D eigenvalue weighted by Gasteiger charge is -2.35. The normalized spacial score (nSPS) is 19.0. The SMILES string of the molecule is Nc1sc(-c2ccccc2F)nc1C(=O)Nc1cnccc1N1CC(F)C[C@H](N)C1. The molecule has 1 aromatic carbocycles. The van der Waals surface area contributed by atoms with Gasteiger partial charge in [-0.15, -0.1) is 0 Å². The van der Waals surface area contributed by atoms with Crippen LogP contribution in [-0.2, 0) is 0 Å². The highest BCUT2D eigenvalue weighted by molar-refractivity contribution is 7.19. The van der Waals surface area contributed by atoms with Gasteiger partial charge in [0.2, 0.25) is 0 Å². The number of amides is 1. The van der Waals surface area contributed by atoms with E-state index in [2.05, 4.69) is 15.3 Å². The Kier molecular flexibility index (Phi) is 5.60. The van der Waals surface area contributed by atoms with Gasteiger partial charge in [-0.1, -0.05) is 23.5 Å². The maximum atomic E-state index is 14.1. The minimum Gasteiger partial charge on any atom is -0.389 e. The van der Waals surface area contributed by atoms with Crippen LogP contribution in [0.4, 0.5) is 25.2 Å². The lowest BCUT2D eigenvalue weighted by atomic mass is 10.0. The molecule has 2 atom stereocenters.